The van der Waals surface area contributed by atoms with Gasteiger partial charge in [-0.05, 0) is 19.4 Å². The van der Waals surface area contributed by atoms with Crippen molar-refractivity contribution in [1.82, 2.24) is 9.97 Å². The second kappa shape index (κ2) is 4.02. The zero-order valence-corrected chi connectivity index (χ0v) is 8.80. The highest BCUT2D eigenvalue weighted by Gasteiger charge is 2.26. The molecule has 5 nitrogen and oxygen atoms in total. The van der Waals surface area contributed by atoms with Crippen molar-refractivity contribution in [2.24, 2.45) is 5.92 Å². The fourth-order valence-electron chi connectivity index (χ4n) is 1.93. The van der Waals surface area contributed by atoms with Gasteiger partial charge in [0.25, 0.3) is 0 Å². The average molecular weight is 208 g/mol. The zero-order valence-electron chi connectivity index (χ0n) is 8.80. The van der Waals surface area contributed by atoms with E-state index in [1.165, 1.54) is 0 Å². The van der Waals surface area contributed by atoms with Gasteiger partial charge in [-0.25, -0.2) is 4.98 Å². The highest BCUT2D eigenvalue weighted by molar-refractivity contribution is 5.41. The maximum atomic E-state index is 9.49. The minimum Gasteiger partial charge on any atom is -0.393 e. The molecule has 1 aliphatic rings. The van der Waals surface area contributed by atoms with Crippen LogP contribution in [0.5, 0.6) is 0 Å². The van der Waals surface area contributed by atoms with E-state index in [0.717, 1.165) is 25.3 Å². The van der Waals surface area contributed by atoms with Crippen molar-refractivity contribution in [3.63, 3.8) is 0 Å². The fourth-order valence-corrected chi connectivity index (χ4v) is 1.93. The van der Waals surface area contributed by atoms with Gasteiger partial charge in [0, 0.05) is 25.2 Å². The Kier molecular flexibility index (Phi) is 2.73. The Labute approximate surface area is 88.9 Å². The van der Waals surface area contributed by atoms with Gasteiger partial charge in [0.1, 0.15) is 5.82 Å². The van der Waals surface area contributed by atoms with Crippen LogP contribution >= 0.6 is 0 Å². The first-order chi connectivity index (χ1) is 7.16. The van der Waals surface area contributed by atoms with Crippen LogP contribution in [0.25, 0.3) is 0 Å². The number of hydrogen-bond donors (Lipinski definition) is 2. The molecule has 2 atom stereocenters. The highest BCUT2D eigenvalue weighted by atomic mass is 16.3. The van der Waals surface area contributed by atoms with Gasteiger partial charge < -0.3 is 15.7 Å². The molecule has 15 heavy (non-hydrogen) atoms. The van der Waals surface area contributed by atoms with Gasteiger partial charge in [0.05, 0.1) is 6.10 Å². The third-order valence-corrected chi connectivity index (χ3v) is 2.89. The molecule has 2 heterocycles. The predicted octanol–water partition coefficient (Wildman–Crippen LogP) is 0.266. The predicted molar refractivity (Wildman–Crippen MR) is 58.4 cm³/mol. The van der Waals surface area contributed by atoms with Crippen LogP contribution in [0.15, 0.2) is 12.3 Å². The number of nitrogens with two attached hydrogens (primary N) is 1. The molecule has 0 bridgehead atoms. The van der Waals surface area contributed by atoms with E-state index in [1.807, 2.05) is 13.0 Å². The van der Waals surface area contributed by atoms with Crippen LogP contribution in [0.4, 0.5) is 11.8 Å². The smallest absolute Gasteiger partial charge is 0.221 e. The summed E-state index contributed by atoms with van der Waals surface area (Å²) in [5, 5.41) is 9.49. The monoisotopic (exact) mass is 208 g/mol. The molecule has 0 aromatic carbocycles. The van der Waals surface area contributed by atoms with Gasteiger partial charge in [-0.3, -0.25) is 0 Å². The molecular weight excluding hydrogens is 192 g/mol. The molecule has 1 aromatic heterocycles. The van der Waals surface area contributed by atoms with Crippen molar-refractivity contribution < 1.29 is 5.11 Å². The number of rotatable bonds is 2. The number of aliphatic hydroxyl groups is 1. The van der Waals surface area contributed by atoms with E-state index in [9.17, 15) is 5.11 Å². The third kappa shape index (κ3) is 2.18. The lowest BCUT2D eigenvalue weighted by molar-refractivity contribution is 0.136. The van der Waals surface area contributed by atoms with Crippen molar-refractivity contribution in [2.75, 3.05) is 23.7 Å². The second-order valence-electron chi connectivity index (χ2n) is 4.01. The van der Waals surface area contributed by atoms with E-state index >= 15 is 0 Å². The molecule has 1 aromatic rings. The average Bonchev–Trinajstić information content (AvgIpc) is 2.66. The summed E-state index contributed by atoms with van der Waals surface area (Å²) in [6, 6.07) is 1.85. The number of hydrogen-bond acceptors (Lipinski definition) is 5. The molecule has 1 saturated heterocycles. The van der Waals surface area contributed by atoms with Gasteiger partial charge >= 0.3 is 0 Å². The molecule has 1 fully saturated rings. The van der Waals surface area contributed by atoms with Crippen molar-refractivity contribution in [1.29, 1.82) is 0 Å². The lowest BCUT2D eigenvalue weighted by atomic mass is 10.0. The largest absolute Gasteiger partial charge is 0.393 e. The molecule has 1 aliphatic heterocycles. The summed E-state index contributed by atoms with van der Waals surface area (Å²) in [5.41, 5.74) is 5.52. The first-order valence-electron chi connectivity index (χ1n) is 5.18. The van der Waals surface area contributed by atoms with Crippen molar-refractivity contribution in [3.8, 4) is 0 Å². The molecule has 0 radical (unpaired) electrons. The summed E-state index contributed by atoms with van der Waals surface area (Å²) in [4.78, 5) is 10.2. The fraction of sp³-hybridized carbons (Fsp3) is 0.600. The number of aromatic nitrogens is 2. The Bertz CT molecular complexity index is 342. The van der Waals surface area contributed by atoms with Crippen LogP contribution in [0.1, 0.15) is 13.3 Å². The third-order valence-electron chi connectivity index (χ3n) is 2.89. The minimum absolute atomic E-state index is 0.255. The number of nitrogens with zero attached hydrogens (tertiary/aromatic N) is 3. The molecule has 2 rings (SSSR count). The standard InChI is InChI=1S/C10H16N4O/c1-7(15)8-3-5-14(6-8)9-2-4-12-10(11)13-9/h2,4,7-8,15H,3,5-6H2,1H3,(H2,11,12,13). The molecule has 3 N–H and O–H groups in total. The number of aliphatic hydroxyl groups excluding tert-OH is 1. The van der Waals surface area contributed by atoms with Gasteiger partial charge in [-0.2, -0.15) is 4.98 Å². The van der Waals surface area contributed by atoms with E-state index < -0.39 is 0 Å². The quantitative estimate of drug-likeness (QED) is 0.729. The summed E-state index contributed by atoms with van der Waals surface area (Å²) < 4.78 is 0. The molecule has 5 heteroatoms. The zero-order chi connectivity index (χ0) is 10.8. The summed E-state index contributed by atoms with van der Waals surface area (Å²) in [6.45, 7) is 3.60. The van der Waals surface area contributed by atoms with Crippen LogP contribution in [-0.2, 0) is 0 Å². The lowest BCUT2D eigenvalue weighted by Gasteiger charge is -2.18. The van der Waals surface area contributed by atoms with Gasteiger partial charge in [-0.1, -0.05) is 0 Å². The van der Waals surface area contributed by atoms with Crippen molar-refractivity contribution in [3.05, 3.63) is 12.3 Å². The van der Waals surface area contributed by atoms with E-state index in [2.05, 4.69) is 14.9 Å². The normalized spacial score (nSPS) is 23.1. The van der Waals surface area contributed by atoms with E-state index in [4.69, 9.17) is 5.73 Å². The van der Waals surface area contributed by atoms with Crippen LogP contribution in [0.3, 0.4) is 0 Å². The second-order valence-corrected chi connectivity index (χ2v) is 4.01. The number of anilines is 2. The van der Waals surface area contributed by atoms with Crippen molar-refractivity contribution >= 4 is 11.8 Å². The Balaban J connectivity index is 2.08. The molecular formula is C10H16N4O. The Morgan fingerprint density at radius 2 is 2.47 bits per heavy atom. The Morgan fingerprint density at radius 3 is 3.07 bits per heavy atom. The lowest BCUT2D eigenvalue weighted by Crippen LogP contribution is -2.24. The summed E-state index contributed by atoms with van der Waals surface area (Å²) in [6.07, 6.45) is 2.41. The molecule has 0 saturated carbocycles. The maximum Gasteiger partial charge on any atom is 0.221 e. The maximum absolute atomic E-state index is 9.49. The van der Waals surface area contributed by atoms with Crippen LogP contribution < -0.4 is 10.6 Å². The van der Waals surface area contributed by atoms with Gasteiger partial charge in [0.15, 0.2) is 0 Å². The first-order valence-corrected chi connectivity index (χ1v) is 5.18. The number of nitrogen functional groups attached to an aromatic ring is 1. The van der Waals surface area contributed by atoms with Crippen molar-refractivity contribution in [2.45, 2.75) is 19.4 Å². The Morgan fingerprint density at radius 1 is 1.67 bits per heavy atom. The van der Waals surface area contributed by atoms with E-state index in [1.54, 1.807) is 6.20 Å². The molecule has 0 aliphatic carbocycles. The van der Waals surface area contributed by atoms with Gasteiger partial charge in [0.2, 0.25) is 5.95 Å². The summed E-state index contributed by atoms with van der Waals surface area (Å²) in [5.74, 6) is 1.49. The molecule has 0 amide bonds. The van der Waals surface area contributed by atoms with E-state index in [-0.39, 0.29) is 6.10 Å². The first kappa shape index (κ1) is 10.2. The summed E-state index contributed by atoms with van der Waals surface area (Å²) >= 11 is 0. The topological polar surface area (TPSA) is 75.3 Å². The molecule has 2 unspecified atom stereocenters. The minimum atomic E-state index is -0.255. The van der Waals surface area contributed by atoms with Crippen LogP contribution in [-0.4, -0.2) is 34.3 Å². The van der Waals surface area contributed by atoms with Crippen LogP contribution in [0.2, 0.25) is 0 Å². The SMILES string of the molecule is CC(O)C1CCN(c2ccnc(N)n2)C1. The summed E-state index contributed by atoms with van der Waals surface area (Å²) in [7, 11) is 0. The van der Waals surface area contributed by atoms with Gasteiger partial charge in [-0.15, -0.1) is 0 Å². The Hall–Kier alpha value is -1.36. The van der Waals surface area contributed by atoms with E-state index in [0.29, 0.717) is 11.9 Å². The van der Waals surface area contributed by atoms with Crippen LogP contribution in [0, 0.1) is 5.92 Å². The highest BCUT2D eigenvalue weighted by Crippen LogP contribution is 2.24. The molecule has 0 spiro atoms. The molecule has 82 valence electrons.